The number of hydrogen-bond acceptors (Lipinski definition) is 3. The zero-order valence-corrected chi connectivity index (χ0v) is 8.81. The molecule has 0 spiro atoms. The quantitative estimate of drug-likeness (QED) is 0.713. The van der Waals surface area contributed by atoms with Crippen molar-refractivity contribution in [2.75, 3.05) is 6.61 Å². The molecule has 0 saturated heterocycles. The van der Waals surface area contributed by atoms with Gasteiger partial charge in [0.05, 0.1) is 6.61 Å². The zero-order valence-electron chi connectivity index (χ0n) is 8.81. The molecule has 0 aliphatic rings. The molecule has 0 fully saturated rings. The van der Waals surface area contributed by atoms with Gasteiger partial charge in [-0.1, -0.05) is 12.1 Å². The molecule has 16 heavy (non-hydrogen) atoms. The summed E-state index contributed by atoms with van der Waals surface area (Å²) in [4.78, 5) is 20.6. The fraction of sp³-hybridized carbons (Fsp3) is 0.333. The first kappa shape index (κ1) is 12.2. The molecule has 0 bridgehead atoms. The predicted molar refractivity (Wildman–Crippen MR) is 58.2 cm³/mol. The molecule has 4 nitrogen and oxygen atoms in total. The van der Waals surface area contributed by atoms with Crippen LogP contribution in [-0.2, 0) is 9.59 Å². The fourth-order valence-corrected chi connectivity index (χ4v) is 1.22. The van der Waals surface area contributed by atoms with Crippen LogP contribution in [-0.4, -0.2) is 24.0 Å². The summed E-state index contributed by atoms with van der Waals surface area (Å²) in [6.45, 7) is 0.454. The molecule has 0 aliphatic heterocycles. The van der Waals surface area contributed by atoms with E-state index in [0.29, 0.717) is 30.8 Å². The molecule has 0 atom stereocenters. The summed E-state index contributed by atoms with van der Waals surface area (Å²) in [5.74, 6) is -0.186. The third-order valence-electron chi connectivity index (χ3n) is 2.01. The number of aliphatic carboxylic acids is 1. The van der Waals surface area contributed by atoms with Gasteiger partial charge in [-0.2, -0.15) is 0 Å². The van der Waals surface area contributed by atoms with Gasteiger partial charge in [-0.15, -0.1) is 0 Å². The van der Waals surface area contributed by atoms with Crippen LogP contribution < -0.4 is 4.74 Å². The summed E-state index contributed by atoms with van der Waals surface area (Å²) >= 11 is 0. The number of benzene rings is 1. The second kappa shape index (κ2) is 6.61. The van der Waals surface area contributed by atoms with E-state index in [9.17, 15) is 9.59 Å². The van der Waals surface area contributed by atoms with Crippen LogP contribution in [0, 0.1) is 0 Å². The van der Waals surface area contributed by atoms with Crippen LogP contribution in [0.5, 0.6) is 5.75 Å². The number of unbranched alkanes of at least 4 members (excludes halogenated alkanes) is 1. The number of rotatable bonds is 7. The van der Waals surface area contributed by atoms with E-state index in [1.165, 1.54) is 0 Å². The first-order valence-corrected chi connectivity index (χ1v) is 5.05. The minimum Gasteiger partial charge on any atom is -0.494 e. The highest BCUT2D eigenvalue weighted by atomic mass is 16.5. The van der Waals surface area contributed by atoms with Crippen LogP contribution in [0.1, 0.15) is 24.8 Å². The minimum absolute atomic E-state index is 0.158. The number of carboxylic acid groups (broad SMARTS) is 1. The van der Waals surface area contributed by atoms with E-state index in [1.807, 2.05) is 0 Å². The molecule has 4 heteroatoms. The van der Waals surface area contributed by atoms with Crippen molar-refractivity contribution < 1.29 is 19.4 Å². The largest absolute Gasteiger partial charge is 0.494 e. The van der Waals surface area contributed by atoms with Crippen molar-refractivity contribution in [1.29, 1.82) is 0 Å². The van der Waals surface area contributed by atoms with Gasteiger partial charge in [-0.05, 0) is 25.0 Å². The fourth-order valence-electron chi connectivity index (χ4n) is 1.22. The molecular weight excluding hydrogens is 208 g/mol. The predicted octanol–water partition coefficient (Wildman–Crippen LogP) is 1.78. The van der Waals surface area contributed by atoms with Gasteiger partial charge in [-0.3, -0.25) is 9.59 Å². The van der Waals surface area contributed by atoms with E-state index < -0.39 is 5.97 Å². The molecule has 1 rings (SSSR count). The van der Waals surface area contributed by atoms with Crippen molar-refractivity contribution in [3.05, 3.63) is 29.8 Å². The highest BCUT2D eigenvalue weighted by Gasteiger charge is 1.98. The normalized spacial score (nSPS) is 9.75. The SMILES string of the molecule is O=[C]c1cccc(OCCCCC(=O)O)c1. The molecule has 0 amide bonds. The Morgan fingerprint density at radius 3 is 2.88 bits per heavy atom. The Morgan fingerprint density at radius 1 is 1.38 bits per heavy atom. The Bertz CT molecular complexity index is 360. The maximum atomic E-state index is 10.4. The average molecular weight is 221 g/mol. The first-order valence-electron chi connectivity index (χ1n) is 5.05. The minimum atomic E-state index is -0.794. The van der Waals surface area contributed by atoms with Crippen LogP contribution in [0.25, 0.3) is 0 Å². The topological polar surface area (TPSA) is 63.6 Å². The maximum Gasteiger partial charge on any atom is 0.303 e. The van der Waals surface area contributed by atoms with Gasteiger partial charge in [0.2, 0.25) is 6.29 Å². The molecular formula is C12H13O4. The standard InChI is InChI=1S/C12H13O4/c13-9-10-4-3-5-11(8-10)16-7-2-1-6-12(14)15/h3-5,8H,1-2,6-7H2,(H,14,15). The molecule has 1 aromatic rings. The summed E-state index contributed by atoms with van der Waals surface area (Å²) in [6, 6.07) is 6.71. The molecule has 1 radical (unpaired) electrons. The van der Waals surface area contributed by atoms with Crippen LogP contribution in [0.2, 0.25) is 0 Å². The third-order valence-corrected chi connectivity index (χ3v) is 2.01. The number of hydrogen-bond donors (Lipinski definition) is 1. The average Bonchev–Trinajstić information content (AvgIpc) is 2.28. The Kier molecular flexibility index (Phi) is 5.05. The monoisotopic (exact) mass is 221 g/mol. The number of ether oxygens (including phenoxy) is 1. The molecule has 0 aromatic heterocycles. The number of carboxylic acids is 1. The lowest BCUT2D eigenvalue weighted by molar-refractivity contribution is -0.137. The van der Waals surface area contributed by atoms with E-state index in [1.54, 1.807) is 30.6 Å². The Balaban J connectivity index is 2.26. The summed E-state index contributed by atoms with van der Waals surface area (Å²) in [7, 11) is 0. The van der Waals surface area contributed by atoms with E-state index in [0.717, 1.165) is 0 Å². The summed E-state index contributed by atoms with van der Waals surface area (Å²) in [5.41, 5.74) is 0.447. The van der Waals surface area contributed by atoms with Gasteiger partial charge in [0, 0.05) is 12.0 Å². The second-order valence-corrected chi connectivity index (χ2v) is 3.33. The van der Waals surface area contributed by atoms with Gasteiger partial charge in [0.15, 0.2) is 0 Å². The third kappa shape index (κ3) is 4.59. The first-order chi connectivity index (χ1) is 7.72. The van der Waals surface area contributed by atoms with Crippen LogP contribution in [0.15, 0.2) is 24.3 Å². The van der Waals surface area contributed by atoms with Gasteiger partial charge >= 0.3 is 5.97 Å². The number of carbonyl (C=O) groups excluding carboxylic acids is 1. The van der Waals surface area contributed by atoms with Crippen molar-refractivity contribution in [2.45, 2.75) is 19.3 Å². The van der Waals surface area contributed by atoms with Gasteiger partial charge in [0.1, 0.15) is 5.75 Å². The molecule has 1 N–H and O–H groups in total. The molecule has 1 aromatic carbocycles. The van der Waals surface area contributed by atoms with Crippen LogP contribution in [0.3, 0.4) is 0 Å². The summed E-state index contributed by atoms with van der Waals surface area (Å²) in [6.07, 6.45) is 3.21. The van der Waals surface area contributed by atoms with Crippen molar-refractivity contribution in [1.82, 2.24) is 0 Å². The van der Waals surface area contributed by atoms with Crippen molar-refractivity contribution in [3.8, 4) is 5.75 Å². The van der Waals surface area contributed by atoms with Crippen molar-refractivity contribution in [3.63, 3.8) is 0 Å². The lowest BCUT2D eigenvalue weighted by Crippen LogP contribution is -2.00. The van der Waals surface area contributed by atoms with E-state index in [2.05, 4.69) is 0 Å². The molecule has 0 heterocycles. The summed E-state index contributed by atoms with van der Waals surface area (Å²) in [5, 5.41) is 8.41. The van der Waals surface area contributed by atoms with Crippen LogP contribution >= 0.6 is 0 Å². The van der Waals surface area contributed by atoms with Gasteiger partial charge in [0.25, 0.3) is 0 Å². The van der Waals surface area contributed by atoms with Crippen molar-refractivity contribution in [2.24, 2.45) is 0 Å². The zero-order chi connectivity index (χ0) is 11.8. The van der Waals surface area contributed by atoms with Gasteiger partial charge in [-0.25, -0.2) is 0 Å². The molecule has 0 unspecified atom stereocenters. The Morgan fingerprint density at radius 2 is 2.19 bits per heavy atom. The highest BCUT2D eigenvalue weighted by Crippen LogP contribution is 2.12. The lowest BCUT2D eigenvalue weighted by atomic mass is 10.2. The smallest absolute Gasteiger partial charge is 0.303 e. The Labute approximate surface area is 93.9 Å². The van der Waals surface area contributed by atoms with Crippen molar-refractivity contribution >= 4 is 12.3 Å². The Hall–Kier alpha value is -1.84. The van der Waals surface area contributed by atoms with E-state index in [4.69, 9.17) is 9.84 Å². The number of carbonyl (C=O) groups is 1. The molecule has 0 saturated carbocycles. The van der Waals surface area contributed by atoms with E-state index >= 15 is 0 Å². The highest BCUT2D eigenvalue weighted by molar-refractivity contribution is 5.75. The second-order valence-electron chi connectivity index (χ2n) is 3.33. The van der Waals surface area contributed by atoms with E-state index in [-0.39, 0.29) is 6.42 Å². The molecule has 85 valence electrons. The van der Waals surface area contributed by atoms with Crippen LogP contribution in [0.4, 0.5) is 0 Å². The van der Waals surface area contributed by atoms with Gasteiger partial charge < -0.3 is 9.84 Å². The lowest BCUT2D eigenvalue weighted by Gasteiger charge is -2.05. The maximum absolute atomic E-state index is 10.4. The summed E-state index contributed by atoms with van der Waals surface area (Å²) < 4.78 is 5.36. The molecule has 0 aliphatic carbocycles.